The normalized spacial score (nSPS) is 47.2. The second-order valence-corrected chi connectivity index (χ2v) is 8.96. The Labute approximate surface area is 143 Å². The van der Waals surface area contributed by atoms with Crippen molar-refractivity contribution in [2.75, 3.05) is 0 Å². The number of carbonyl (C=O) groups excluding carboxylic acids is 3. The number of piperidine rings is 1. The molecule has 4 nitrogen and oxygen atoms in total. The molecule has 1 amide bonds. The Morgan fingerprint density at radius 3 is 2.71 bits per heavy atom. The quantitative estimate of drug-likeness (QED) is 0.804. The highest BCUT2D eigenvalue weighted by atomic mass is 16.2. The highest BCUT2D eigenvalue weighted by Gasteiger charge is 2.62. The first-order valence-electron chi connectivity index (χ1n) is 9.31. The second kappa shape index (κ2) is 5.03. The lowest BCUT2D eigenvalue weighted by Gasteiger charge is -2.55. The van der Waals surface area contributed by atoms with Gasteiger partial charge < -0.3 is 5.32 Å². The number of carbonyl (C=O) groups is 3. The van der Waals surface area contributed by atoms with Gasteiger partial charge >= 0.3 is 0 Å². The SMILES string of the molecule is CC(=O)[C@H]1CCC2C3CC=C4NC(=O)CC[C@]4(C)C3C(=O)C[C@@]21C. The van der Waals surface area contributed by atoms with Gasteiger partial charge in [-0.3, -0.25) is 14.4 Å². The van der Waals surface area contributed by atoms with Gasteiger partial charge in [0.05, 0.1) is 0 Å². The molecule has 4 heteroatoms. The van der Waals surface area contributed by atoms with Crippen LogP contribution in [-0.4, -0.2) is 17.5 Å². The number of amides is 1. The molecule has 2 saturated carbocycles. The van der Waals surface area contributed by atoms with Gasteiger partial charge in [0.25, 0.3) is 0 Å². The van der Waals surface area contributed by atoms with Crippen LogP contribution in [0.1, 0.15) is 59.3 Å². The van der Waals surface area contributed by atoms with Crippen LogP contribution >= 0.6 is 0 Å². The van der Waals surface area contributed by atoms with Crippen molar-refractivity contribution >= 4 is 17.5 Å². The second-order valence-electron chi connectivity index (χ2n) is 8.96. The van der Waals surface area contributed by atoms with Crippen LogP contribution in [0.25, 0.3) is 0 Å². The minimum Gasteiger partial charge on any atom is -0.330 e. The number of ketones is 2. The summed E-state index contributed by atoms with van der Waals surface area (Å²) in [7, 11) is 0. The van der Waals surface area contributed by atoms with Crippen molar-refractivity contribution in [1.82, 2.24) is 5.32 Å². The molecule has 0 radical (unpaired) electrons. The average molecular weight is 329 g/mol. The summed E-state index contributed by atoms with van der Waals surface area (Å²) in [6.45, 7) is 6.02. The lowest BCUT2D eigenvalue weighted by Crippen LogP contribution is -2.57. The van der Waals surface area contributed by atoms with Crippen LogP contribution in [0.2, 0.25) is 0 Å². The van der Waals surface area contributed by atoms with Crippen LogP contribution in [-0.2, 0) is 14.4 Å². The number of Topliss-reactive ketones (excluding diaryl/α,β-unsaturated/α-hetero) is 2. The molecule has 130 valence electrons. The van der Waals surface area contributed by atoms with Crippen molar-refractivity contribution in [3.8, 4) is 0 Å². The Balaban J connectivity index is 1.74. The molecular weight excluding hydrogens is 302 g/mol. The monoisotopic (exact) mass is 329 g/mol. The van der Waals surface area contributed by atoms with E-state index in [0.717, 1.165) is 31.4 Å². The maximum absolute atomic E-state index is 13.2. The molecule has 1 saturated heterocycles. The lowest BCUT2D eigenvalue weighted by atomic mass is 9.48. The summed E-state index contributed by atoms with van der Waals surface area (Å²) in [5.74, 6) is 1.44. The largest absolute Gasteiger partial charge is 0.330 e. The molecule has 4 aliphatic rings. The van der Waals surface area contributed by atoms with Gasteiger partial charge in [-0.15, -0.1) is 0 Å². The standard InChI is InChI=1S/C20H27NO3/c1-11(22)13-5-6-14-12-4-7-16-19(2,9-8-17(24)21-16)18(12)15(23)10-20(13,14)3/h7,12-14,18H,4-6,8-10H2,1-3H3,(H,21,24)/t12?,13-,14?,18?,19+,20-/m1/s1. The summed E-state index contributed by atoms with van der Waals surface area (Å²) >= 11 is 0. The van der Waals surface area contributed by atoms with Crippen LogP contribution in [0.15, 0.2) is 11.8 Å². The van der Waals surface area contributed by atoms with E-state index in [4.69, 9.17) is 0 Å². The summed E-state index contributed by atoms with van der Waals surface area (Å²) in [4.78, 5) is 37.1. The molecule has 3 fully saturated rings. The summed E-state index contributed by atoms with van der Waals surface area (Å²) in [5.41, 5.74) is 0.575. The number of allylic oxidation sites excluding steroid dienone is 2. The molecule has 0 aromatic carbocycles. The van der Waals surface area contributed by atoms with Gasteiger partial charge in [-0.05, 0) is 49.9 Å². The summed E-state index contributed by atoms with van der Waals surface area (Å²) in [6, 6.07) is 0. The third-order valence-corrected chi connectivity index (χ3v) is 7.79. The molecule has 1 heterocycles. The van der Waals surface area contributed by atoms with Crippen molar-refractivity contribution in [2.45, 2.75) is 59.3 Å². The maximum Gasteiger partial charge on any atom is 0.224 e. The van der Waals surface area contributed by atoms with Crippen LogP contribution in [0, 0.1) is 34.5 Å². The molecule has 1 aliphatic heterocycles. The van der Waals surface area contributed by atoms with Gasteiger partial charge in [-0.1, -0.05) is 19.9 Å². The van der Waals surface area contributed by atoms with Gasteiger partial charge in [-0.2, -0.15) is 0 Å². The molecule has 24 heavy (non-hydrogen) atoms. The predicted octanol–water partition coefficient (Wildman–Crippen LogP) is 3.02. The van der Waals surface area contributed by atoms with Crippen molar-refractivity contribution in [3.63, 3.8) is 0 Å². The summed E-state index contributed by atoms with van der Waals surface area (Å²) in [6.07, 6.45) is 6.79. The summed E-state index contributed by atoms with van der Waals surface area (Å²) < 4.78 is 0. The highest BCUT2D eigenvalue weighted by molar-refractivity contribution is 5.88. The van der Waals surface area contributed by atoms with E-state index >= 15 is 0 Å². The molecular formula is C20H27NO3. The number of hydrogen-bond donors (Lipinski definition) is 1. The first-order valence-corrected chi connectivity index (χ1v) is 9.31. The van der Waals surface area contributed by atoms with E-state index < -0.39 is 0 Å². The van der Waals surface area contributed by atoms with Crippen LogP contribution in [0.5, 0.6) is 0 Å². The Morgan fingerprint density at radius 2 is 2.00 bits per heavy atom. The van der Waals surface area contributed by atoms with E-state index in [1.54, 1.807) is 6.92 Å². The van der Waals surface area contributed by atoms with Gasteiger partial charge in [0.1, 0.15) is 11.6 Å². The van der Waals surface area contributed by atoms with Gasteiger partial charge in [0, 0.05) is 35.8 Å². The van der Waals surface area contributed by atoms with Crippen LogP contribution < -0.4 is 5.32 Å². The molecule has 4 rings (SSSR count). The Kier molecular flexibility index (Phi) is 3.36. The topological polar surface area (TPSA) is 63.2 Å². The maximum atomic E-state index is 13.2. The third-order valence-electron chi connectivity index (χ3n) is 7.79. The van der Waals surface area contributed by atoms with E-state index in [2.05, 4.69) is 25.2 Å². The molecule has 0 spiro atoms. The lowest BCUT2D eigenvalue weighted by molar-refractivity contribution is -0.147. The minimum atomic E-state index is -0.233. The summed E-state index contributed by atoms with van der Waals surface area (Å²) in [5, 5.41) is 3.02. The smallest absolute Gasteiger partial charge is 0.224 e. The van der Waals surface area contributed by atoms with Crippen molar-refractivity contribution in [1.29, 1.82) is 0 Å². The first kappa shape index (κ1) is 16.0. The predicted molar refractivity (Wildman–Crippen MR) is 89.8 cm³/mol. The average Bonchev–Trinajstić information content (AvgIpc) is 2.84. The Hall–Kier alpha value is -1.45. The van der Waals surface area contributed by atoms with Gasteiger partial charge in [0.15, 0.2) is 0 Å². The van der Waals surface area contributed by atoms with E-state index in [1.165, 1.54) is 0 Å². The van der Waals surface area contributed by atoms with E-state index in [-0.39, 0.29) is 34.4 Å². The van der Waals surface area contributed by atoms with Crippen LogP contribution in [0.3, 0.4) is 0 Å². The van der Waals surface area contributed by atoms with E-state index in [0.29, 0.717) is 30.5 Å². The van der Waals surface area contributed by atoms with E-state index in [1.807, 2.05) is 0 Å². The first-order chi connectivity index (χ1) is 11.3. The van der Waals surface area contributed by atoms with Gasteiger partial charge in [0.2, 0.25) is 5.91 Å². The number of rotatable bonds is 1. The molecule has 0 aromatic rings. The molecule has 3 unspecified atom stereocenters. The molecule has 0 aromatic heterocycles. The molecule has 1 N–H and O–H groups in total. The molecule has 0 bridgehead atoms. The highest BCUT2D eigenvalue weighted by Crippen LogP contribution is 2.64. The fraction of sp³-hybridized carbons (Fsp3) is 0.750. The van der Waals surface area contributed by atoms with Gasteiger partial charge in [-0.25, -0.2) is 0 Å². The minimum absolute atomic E-state index is 0.00174. The zero-order valence-electron chi connectivity index (χ0n) is 14.9. The third kappa shape index (κ3) is 1.94. The fourth-order valence-corrected chi connectivity index (χ4v) is 6.70. The number of nitrogens with one attached hydrogen (secondary N) is 1. The molecule has 6 atom stereocenters. The number of fused-ring (bicyclic) bond motifs is 5. The Bertz CT molecular complexity index is 666. The fourth-order valence-electron chi connectivity index (χ4n) is 6.70. The van der Waals surface area contributed by atoms with Crippen molar-refractivity contribution < 1.29 is 14.4 Å². The van der Waals surface area contributed by atoms with Crippen molar-refractivity contribution in [3.05, 3.63) is 11.8 Å². The number of hydrogen-bond acceptors (Lipinski definition) is 3. The van der Waals surface area contributed by atoms with Crippen LogP contribution in [0.4, 0.5) is 0 Å². The Morgan fingerprint density at radius 1 is 1.25 bits per heavy atom. The van der Waals surface area contributed by atoms with E-state index in [9.17, 15) is 14.4 Å². The zero-order valence-corrected chi connectivity index (χ0v) is 14.9. The zero-order chi connectivity index (χ0) is 17.3. The van der Waals surface area contributed by atoms with Crippen molar-refractivity contribution in [2.24, 2.45) is 34.5 Å². The molecule has 3 aliphatic carbocycles.